The van der Waals surface area contributed by atoms with E-state index in [0.717, 1.165) is 49.4 Å². The zero-order chi connectivity index (χ0) is 27.2. The molecule has 8 aromatic rings. The highest BCUT2D eigenvalue weighted by atomic mass is 16.3. The van der Waals surface area contributed by atoms with Crippen molar-refractivity contribution < 1.29 is 4.42 Å². The van der Waals surface area contributed by atoms with Crippen LogP contribution >= 0.6 is 0 Å². The lowest BCUT2D eigenvalue weighted by molar-refractivity contribution is 0.673. The van der Waals surface area contributed by atoms with Gasteiger partial charge in [-0.3, -0.25) is 0 Å². The smallest absolute Gasteiger partial charge is 0.167 e. The van der Waals surface area contributed by atoms with Gasteiger partial charge in [0.15, 0.2) is 17.5 Å². The third-order valence-electron chi connectivity index (χ3n) is 7.53. The van der Waals surface area contributed by atoms with Gasteiger partial charge in [-0.2, -0.15) is 0 Å². The van der Waals surface area contributed by atoms with Gasteiger partial charge < -0.3 is 4.42 Å². The highest BCUT2D eigenvalue weighted by molar-refractivity contribution is 6.20. The Labute approximate surface area is 236 Å². The molecule has 0 aliphatic rings. The van der Waals surface area contributed by atoms with Crippen molar-refractivity contribution >= 4 is 32.7 Å². The molecule has 192 valence electrons. The highest BCUT2D eigenvalue weighted by Gasteiger charge is 2.20. The molecule has 0 saturated heterocycles. The summed E-state index contributed by atoms with van der Waals surface area (Å²) in [6.45, 7) is 0. The second kappa shape index (κ2) is 9.54. The van der Waals surface area contributed by atoms with E-state index < -0.39 is 0 Å². The van der Waals surface area contributed by atoms with Gasteiger partial charge in [-0.05, 0) is 28.6 Å². The summed E-state index contributed by atoms with van der Waals surface area (Å²) in [6.07, 6.45) is 0. The molecule has 41 heavy (non-hydrogen) atoms. The first kappa shape index (κ1) is 23.3. The summed E-state index contributed by atoms with van der Waals surface area (Å²) < 4.78 is 6.73. The molecule has 2 aromatic heterocycles. The number of fused-ring (bicyclic) bond motifs is 5. The summed E-state index contributed by atoms with van der Waals surface area (Å²) in [4.78, 5) is 14.8. The van der Waals surface area contributed by atoms with Crippen molar-refractivity contribution in [2.24, 2.45) is 0 Å². The van der Waals surface area contributed by atoms with E-state index in [2.05, 4.69) is 66.7 Å². The number of furan rings is 1. The molecule has 0 aliphatic carbocycles. The fourth-order valence-electron chi connectivity index (χ4n) is 5.58. The van der Waals surface area contributed by atoms with Crippen LogP contribution in [-0.2, 0) is 0 Å². The van der Waals surface area contributed by atoms with E-state index in [1.54, 1.807) is 0 Å². The van der Waals surface area contributed by atoms with E-state index in [1.165, 1.54) is 11.1 Å². The van der Waals surface area contributed by atoms with Crippen LogP contribution in [-0.4, -0.2) is 15.0 Å². The van der Waals surface area contributed by atoms with Gasteiger partial charge in [-0.1, -0.05) is 127 Å². The summed E-state index contributed by atoms with van der Waals surface area (Å²) in [5, 5.41) is 4.34. The Bertz CT molecular complexity index is 2130. The molecule has 4 heteroatoms. The van der Waals surface area contributed by atoms with Crippen LogP contribution < -0.4 is 0 Å². The summed E-state index contributed by atoms with van der Waals surface area (Å²) in [5.74, 6) is 1.83. The van der Waals surface area contributed by atoms with Crippen molar-refractivity contribution in [1.82, 2.24) is 15.0 Å². The first-order chi connectivity index (χ1) is 20.3. The van der Waals surface area contributed by atoms with Crippen molar-refractivity contribution in [2.75, 3.05) is 0 Å². The van der Waals surface area contributed by atoms with Crippen molar-refractivity contribution in [2.45, 2.75) is 0 Å². The van der Waals surface area contributed by atoms with Gasteiger partial charge in [0, 0.05) is 27.3 Å². The van der Waals surface area contributed by atoms with Crippen LogP contribution in [0.3, 0.4) is 0 Å². The standard InChI is InChI=1S/C37H23N3O/c1-4-13-24(14-5-1)31-23-32-29-21-12-22-30(33(29)41-34(32)28-20-11-10-19-27(28)31)37-39-35(25-15-6-2-7-16-25)38-36(40-37)26-17-8-3-9-18-26/h1-23H. The van der Waals surface area contributed by atoms with Crippen LogP contribution in [0.2, 0.25) is 0 Å². The van der Waals surface area contributed by atoms with Gasteiger partial charge in [-0.15, -0.1) is 0 Å². The van der Waals surface area contributed by atoms with Gasteiger partial charge >= 0.3 is 0 Å². The lowest BCUT2D eigenvalue weighted by Crippen LogP contribution is -2.00. The van der Waals surface area contributed by atoms with Crippen molar-refractivity contribution in [1.29, 1.82) is 0 Å². The fraction of sp³-hybridized carbons (Fsp3) is 0. The molecule has 0 fully saturated rings. The van der Waals surface area contributed by atoms with Gasteiger partial charge in [0.05, 0.1) is 5.56 Å². The maximum absolute atomic E-state index is 6.73. The molecular weight excluding hydrogens is 502 g/mol. The Morgan fingerprint density at radius 2 is 0.829 bits per heavy atom. The third-order valence-corrected chi connectivity index (χ3v) is 7.53. The first-order valence-corrected chi connectivity index (χ1v) is 13.6. The van der Waals surface area contributed by atoms with E-state index in [4.69, 9.17) is 19.4 Å². The first-order valence-electron chi connectivity index (χ1n) is 13.6. The quantitative estimate of drug-likeness (QED) is 0.230. The van der Waals surface area contributed by atoms with Crippen LogP contribution in [0.5, 0.6) is 0 Å². The predicted octanol–water partition coefficient (Wildman–Crippen LogP) is 9.59. The minimum atomic E-state index is 0.579. The SMILES string of the molecule is c1ccc(-c2nc(-c3ccccc3)nc(-c3cccc4c3oc3c5ccccc5c(-c5ccccc5)cc43)n2)cc1. The maximum atomic E-state index is 6.73. The monoisotopic (exact) mass is 525 g/mol. The summed E-state index contributed by atoms with van der Waals surface area (Å²) in [5.41, 5.74) is 6.69. The molecule has 0 bridgehead atoms. The number of hydrogen-bond acceptors (Lipinski definition) is 4. The number of nitrogens with zero attached hydrogens (tertiary/aromatic N) is 3. The molecule has 0 radical (unpaired) electrons. The Hall–Kier alpha value is -5.61. The molecule has 0 saturated carbocycles. The predicted molar refractivity (Wildman–Crippen MR) is 166 cm³/mol. The molecule has 0 spiro atoms. The topological polar surface area (TPSA) is 51.8 Å². The van der Waals surface area contributed by atoms with E-state index in [9.17, 15) is 0 Å². The lowest BCUT2D eigenvalue weighted by Gasteiger charge is -2.08. The van der Waals surface area contributed by atoms with Crippen LogP contribution in [0.15, 0.2) is 144 Å². The lowest BCUT2D eigenvalue weighted by atomic mass is 9.95. The average Bonchev–Trinajstić information content (AvgIpc) is 3.44. The van der Waals surface area contributed by atoms with Crippen LogP contribution in [0.1, 0.15) is 0 Å². The number of aromatic nitrogens is 3. The van der Waals surface area contributed by atoms with Crippen molar-refractivity contribution in [3.8, 4) is 45.3 Å². The molecule has 2 heterocycles. The molecule has 8 rings (SSSR count). The van der Waals surface area contributed by atoms with Gasteiger partial charge in [0.2, 0.25) is 0 Å². The van der Waals surface area contributed by atoms with Crippen molar-refractivity contribution in [3.05, 3.63) is 140 Å². The maximum Gasteiger partial charge on any atom is 0.167 e. The minimum absolute atomic E-state index is 0.579. The molecule has 0 atom stereocenters. The highest BCUT2D eigenvalue weighted by Crippen LogP contribution is 2.42. The van der Waals surface area contributed by atoms with Crippen LogP contribution in [0.25, 0.3) is 78.0 Å². The van der Waals surface area contributed by atoms with Gasteiger partial charge in [0.25, 0.3) is 0 Å². The number of para-hydroxylation sites is 1. The Balaban J connectivity index is 1.41. The summed E-state index contributed by atoms with van der Waals surface area (Å²) in [6, 6.07) is 47.5. The van der Waals surface area contributed by atoms with Crippen molar-refractivity contribution in [3.63, 3.8) is 0 Å². The Morgan fingerprint density at radius 1 is 0.341 bits per heavy atom. The molecule has 4 nitrogen and oxygen atoms in total. The molecular formula is C37H23N3O. The van der Waals surface area contributed by atoms with E-state index in [-0.39, 0.29) is 0 Å². The minimum Gasteiger partial charge on any atom is -0.455 e. The fourth-order valence-corrected chi connectivity index (χ4v) is 5.58. The van der Waals surface area contributed by atoms with E-state index in [0.29, 0.717) is 17.5 Å². The molecule has 6 aromatic carbocycles. The summed E-state index contributed by atoms with van der Waals surface area (Å²) >= 11 is 0. The van der Waals surface area contributed by atoms with E-state index >= 15 is 0 Å². The third kappa shape index (κ3) is 3.97. The number of rotatable bonds is 4. The van der Waals surface area contributed by atoms with E-state index in [1.807, 2.05) is 72.8 Å². The molecule has 0 amide bonds. The zero-order valence-electron chi connectivity index (χ0n) is 22.0. The second-order valence-electron chi connectivity index (χ2n) is 10.0. The van der Waals surface area contributed by atoms with Crippen LogP contribution in [0.4, 0.5) is 0 Å². The van der Waals surface area contributed by atoms with Gasteiger partial charge in [-0.25, -0.2) is 15.0 Å². The largest absolute Gasteiger partial charge is 0.455 e. The Morgan fingerprint density at radius 3 is 1.46 bits per heavy atom. The van der Waals surface area contributed by atoms with Gasteiger partial charge in [0.1, 0.15) is 11.2 Å². The molecule has 0 N–H and O–H groups in total. The average molecular weight is 526 g/mol. The zero-order valence-corrected chi connectivity index (χ0v) is 22.0. The summed E-state index contributed by atoms with van der Waals surface area (Å²) in [7, 11) is 0. The normalized spacial score (nSPS) is 11.4. The molecule has 0 unspecified atom stereocenters. The Kier molecular flexibility index (Phi) is 5.42. The molecule has 0 aliphatic heterocycles. The number of hydrogen-bond donors (Lipinski definition) is 0. The number of benzene rings is 6. The second-order valence-corrected chi connectivity index (χ2v) is 10.0. The van der Waals surface area contributed by atoms with Crippen LogP contribution in [0, 0.1) is 0 Å².